The summed E-state index contributed by atoms with van der Waals surface area (Å²) in [7, 11) is 1.44. The predicted molar refractivity (Wildman–Crippen MR) is 74.1 cm³/mol. The smallest absolute Gasteiger partial charge is 0.323 e. The molecule has 1 aliphatic rings. The van der Waals surface area contributed by atoms with E-state index in [-0.39, 0.29) is 12.0 Å². The third kappa shape index (κ3) is 2.54. The molecule has 0 aliphatic carbocycles. The van der Waals surface area contributed by atoms with Crippen LogP contribution in [0.15, 0.2) is 28.7 Å². The first kappa shape index (κ1) is 13.1. The molecule has 1 fully saturated rings. The van der Waals surface area contributed by atoms with Gasteiger partial charge in [0, 0.05) is 0 Å². The number of para-hydroxylation sites is 2. The molecule has 1 aliphatic heterocycles. The van der Waals surface area contributed by atoms with Crippen LogP contribution in [0.1, 0.15) is 25.2 Å². The minimum Gasteiger partial charge on any atom is -0.468 e. The van der Waals surface area contributed by atoms with Gasteiger partial charge in [-0.3, -0.25) is 9.69 Å². The van der Waals surface area contributed by atoms with E-state index in [1.54, 1.807) is 0 Å². The highest BCUT2D eigenvalue weighted by molar-refractivity contribution is 5.75. The molecule has 1 unspecified atom stereocenters. The molecule has 0 saturated carbocycles. The number of hydrogen-bond donors (Lipinski definition) is 0. The average Bonchev–Trinajstić information content (AvgIpc) is 2.89. The molecular formula is C15H18N2O3. The number of likely N-dealkylation sites (tertiary alicyclic amines) is 1. The van der Waals surface area contributed by atoms with Crippen LogP contribution in [0.4, 0.5) is 0 Å². The van der Waals surface area contributed by atoms with Gasteiger partial charge >= 0.3 is 5.97 Å². The molecule has 1 atom stereocenters. The third-order valence-electron chi connectivity index (χ3n) is 3.76. The fourth-order valence-corrected chi connectivity index (χ4v) is 2.74. The van der Waals surface area contributed by atoms with Gasteiger partial charge in [0.2, 0.25) is 5.89 Å². The molecule has 0 N–H and O–H groups in total. The Morgan fingerprint density at radius 2 is 2.30 bits per heavy atom. The Balaban J connectivity index is 1.79. The molecule has 106 valence electrons. The summed E-state index contributed by atoms with van der Waals surface area (Å²) in [6, 6.07) is 7.52. The topological polar surface area (TPSA) is 55.6 Å². The Kier molecular flexibility index (Phi) is 3.69. The lowest BCUT2D eigenvalue weighted by Crippen LogP contribution is -2.44. The van der Waals surface area contributed by atoms with Crippen LogP contribution in [-0.2, 0) is 16.1 Å². The first-order valence-corrected chi connectivity index (χ1v) is 6.94. The molecule has 0 amide bonds. The molecule has 1 saturated heterocycles. The van der Waals surface area contributed by atoms with E-state index in [1.807, 2.05) is 24.3 Å². The molecule has 2 aromatic rings. The van der Waals surface area contributed by atoms with Crippen molar-refractivity contribution in [2.45, 2.75) is 31.8 Å². The van der Waals surface area contributed by atoms with Crippen LogP contribution in [0, 0.1) is 0 Å². The van der Waals surface area contributed by atoms with Crippen molar-refractivity contribution in [1.29, 1.82) is 0 Å². The van der Waals surface area contributed by atoms with Gasteiger partial charge in [-0.2, -0.15) is 0 Å². The van der Waals surface area contributed by atoms with Crippen LogP contribution in [0.2, 0.25) is 0 Å². The number of aromatic nitrogens is 1. The second-order valence-corrected chi connectivity index (χ2v) is 5.08. The summed E-state index contributed by atoms with van der Waals surface area (Å²) in [5.41, 5.74) is 1.64. The second kappa shape index (κ2) is 5.63. The molecule has 2 heterocycles. The number of rotatable bonds is 3. The van der Waals surface area contributed by atoms with Crippen LogP contribution in [0.3, 0.4) is 0 Å². The molecule has 3 rings (SSSR count). The summed E-state index contributed by atoms with van der Waals surface area (Å²) in [4.78, 5) is 18.4. The quantitative estimate of drug-likeness (QED) is 0.804. The summed E-state index contributed by atoms with van der Waals surface area (Å²) in [5, 5.41) is 0. The summed E-state index contributed by atoms with van der Waals surface area (Å²) < 4.78 is 10.6. The van der Waals surface area contributed by atoms with Crippen LogP contribution < -0.4 is 0 Å². The highest BCUT2D eigenvalue weighted by Gasteiger charge is 2.30. The lowest BCUT2D eigenvalue weighted by molar-refractivity contribution is -0.148. The number of carbonyl (C=O) groups is 1. The maximum atomic E-state index is 11.8. The Morgan fingerprint density at radius 1 is 1.45 bits per heavy atom. The van der Waals surface area contributed by atoms with E-state index in [2.05, 4.69) is 9.88 Å². The maximum Gasteiger partial charge on any atom is 0.323 e. The van der Waals surface area contributed by atoms with Crippen molar-refractivity contribution in [2.75, 3.05) is 13.7 Å². The van der Waals surface area contributed by atoms with Crippen LogP contribution in [0.5, 0.6) is 0 Å². The number of nitrogens with zero attached hydrogens (tertiary/aromatic N) is 2. The van der Waals surface area contributed by atoms with Crippen molar-refractivity contribution < 1.29 is 13.9 Å². The maximum absolute atomic E-state index is 11.8. The number of piperidine rings is 1. The number of benzene rings is 1. The molecule has 0 bridgehead atoms. The Hall–Kier alpha value is -1.88. The summed E-state index contributed by atoms with van der Waals surface area (Å²) >= 11 is 0. The minimum absolute atomic E-state index is 0.166. The zero-order valence-electron chi connectivity index (χ0n) is 11.5. The predicted octanol–water partition coefficient (Wildman–Crippen LogP) is 2.36. The lowest BCUT2D eigenvalue weighted by Gasteiger charge is -2.32. The van der Waals surface area contributed by atoms with E-state index in [4.69, 9.17) is 9.15 Å². The first-order valence-electron chi connectivity index (χ1n) is 6.94. The van der Waals surface area contributed by atoms with Gasteiger partial charge in [-0.1, -0.05) is 18.6 Å². The van der Waals surface area contributed by atoms with Crippen molar-refractivity contribution in [2.24, 2.45) is 0 Å². The molecule has 5 heteroatoms. The van der Waals surface area contributed by atoms with Gasteiger partial charge in [0.1, 0.15) is 11.6 Å². The molecule has 20 heavy (non-hydrogen) atoms. The summed E-state index contributed by atoms with van der Waals surface area (Å²) in [6.07, 6.45) is 2.99. The van der Waals surface area contributed by atoms with Gasteiger partial charge in [0.25, 0.3) is 0 Å². The third-order valence-corrected chi connectivity index (χ3v) is 3.76. The van der Waals surface area contributed by atoms with Crippen molar-refractivity contribution in [3.05, 3.63) is 30.2 Å². The molecule has 0 spiro atoms. The SMILES string of the molecule is COC(=O)C1CCCCN1Cc1nc2ccccc2o1. The zero-order chi connectivity index (χ0) is 13.9. The molecular weight excluding hydrogens is 256 g/mol. The number of fused-ring (bicyclic) bond motifs is 1. The second-order valence-electron chi connectivity index (χ2n) is 5.08. The molecule has 1 aromatic heterocycles. The highest BCUT2D eigenvalue weighted by atomic mass is 16.5. The van der Waals surface area contributed by atoms with E-state index in [1.165, 1.54) is 7.11 Å². The molecule has 5 nitrogen and oxygen atoms in total. The Morgan fingerprint density at radius 3 is 3.10 bits per heavy atom. The van der Waals surface area contributed by atoms with E-state index < -0.39 is 0 Å². The number of carbonyl (C=O) groups excluding carboxylic acids is 1. The van der Waals surface area contributed by atoms with Crippen molar-refractivity contribution >= 4 is 17.1 Å². The van der Waals surface area contributed by atoms with Gasteiger partial charge in [-0.25, -0.2) is 4.98 Å². The molecule has 0 radical (unpaired) electrons. The van der Waals surface area contributed by atoms with E-state index in [0.717, 1.165) is 36.9 Å². The number of ether oxygens (including phenoxy) is 1. The van der Waals surface area contributed by atoms with Gasteiger partial charge in [0.05, 0.1) is 13.7 Å². The standard InChI is InChI=1S/C15H18N2O3/c1-19-15(18)12-7-4-5-9-17(12)10-14-16-11-6-2-3-8-13(11)20-14/h2-3,6,8,12H,4-5,7,9-10H2,1H3. The van der Waals surface area contributed by atoms with E-state index >= 15 is 0 Å². The van der Waals surface area contributed by atoms with Gasteiger partial charge < -0.3 is 9.15 Å². The van der Waals surface area contributed by atoms with Crippen LogP contribution in [0.25, 0.3) is 11.1 Å². The van der Waals surface area contributed by atoms with Gasteiger partial charge in [-0.05, 0) is 31.5 Å². The van der Waals surface area contributed by atoms with Gasteiger partial charge in [-0.15, -0.1) is 0 Å². The Bertz CT molecular complexity index is 575. The van der Waals surface area contributed by atoms with Crippen molar-refractivity contribution in [1.82, 2.24) is 9.88 Å². The molecule has 1 aromatic carbocycles. The fraction of sp³-hybridized carbons (Fsp3) is 0.467. The van der Waals surface area contributed by atoms with Crippen molar-refractivity contribution in [3.8, 4) is 0 Å². The zero-order valence-corrected chi connectivity index (χ0v) is 11.5. The number of oxazole rings is 1. The van der Waals surface area contributed by atoms with E-state index in [9.17, 15) is 4.79 Å². The summed E-state index contributed by atoms with van der Waals surface area (Å²) in [6.45, 7) is 1.42. The highest BCUT2D eigenvalue weighted by Crippen LogP contribution is 2.22. The van der Waals surface area contributed by atoms with Crippen LogP contribution in [-0.4, -0.2) is 35.5 Å². The summed E-state index contributed by atoms with van der Waals surface area (Å²) in [5.74, 6) is 0.489. The minimum atomic E-state index is -0.177. The average molecular weight is 274 g/mol. The van der Waals surface area contributed by atoms with Gasteiger partial charge in [0.15, 0.2) is 5.58 Å². The number of methoxy groups -OCH3 is 1. The first-order chi connectivity index (χ1) is 9.78. The normalized spacial score (nSPS) is 20.1. The number of esters is 1. The lowest BCUT2D eigenvalue weighted by atomic mass is 10.0. The van der Waals surface area contributed by atoms with Crippen LogP contribution >= 0.6 is 0 Å². The number of hydrogen-bond acceptors (Lipinski definition) is 5. The van der Waals surface area contributed by atoms with Crippen molar-refractivity contribution in [3.63, 3.8) is 0 Å². The monoisotopic (exact) mass is 274 g/mol. The fourth-order valence-electron chi connectivity index (χ4n) is 2.74. The van der Waals surface area contributed by atoms with E-state index in [0.29, 0.717) is 12.4 Å². The largest absolute Gasteiger partial charge is 0.468 e. The Labute approximate surface area is 117 Å².